The summed E-state index contributed by atoms with van der Waals surface area (Å²) in [6.07, 6.45) is 6.71. The SMILES string of the molecule is CCOCC(=O)NCCCCCCCCNC(=O)C(C)C. The van der Waals surface area contributed by atoms with Gasteiger partial charge >= 0.3 is 0 Å². The molecule has 2 N–H and O–H groups in total. The first kappa shape index (κ1) is 19.9. The number of hydrogen-bond donors (Lipinski definition) is 2. The van der Waals surface area contributed by atoms with E-state index >= 15 is 0 Å². The molecule has 0 saturated carbocycles. The van der Waals surface area contributed by atoms with Crippen molar-refractivity contribution in [3.63, 3.8) is 0 Å². The summed E-state index contributed by atoms with van der Waals surface area (Å²) < 4.78 is 5.02. The molecule has 2 amide bonds. The minimum absolute atomic E-state index is 0.0299. The van der Waals surface area contributed by atoms with Crippen LogP contribution in [0.1, 0.15) is 59.3 Å². The van der Waals surface area contributed by atoms with Gasteiger partial charge < -0.3 is 15.4 Å². The topological polar surface area (TPSA) is 67.4 Å². The van der Waals surface area contributed by atoms with Crippen molar-refractivity contribution < 1.29 is 14.3 Å². The summed E-state index contributed by atoms with van der Waals surface area (Å²) in [6.45, 7) is 7.94. The highest BCUT2D eigenvalue weighted by molar-refractivity contribution is 5.77. The van der Waals surface area contributed by atoms with Crippen molar-refractivity contribution in [3.05, 3.63) is 0 Å². The summed E-state index contributed by atoms with van der Waals surface area (Å²) in [5.41, 5.74) is 0. The fraction of sp³-hybridized carbons (Fsp3) is 0.875. The van der Waals surface area contributed by atoms with E-state index < -0.39 is 0 Å². The van der Waals surface area contributed by atoms with E-state index in [-0.39, 0.29) is 24.3 Å². The summed E-state index contributed by atoms with van der Waals surface area (Å²) >= 11 is 0. The average molecular weight is 300 g/mol. The maximum absolute atomic E-state index is 11.3. The molecule has 0 radical (unpaired) electrons. The van der Waals surface area contributed by atoms with Crippen LogP contribution in [-0.4, -0.2) is 38.1 Å². The quantitative estimate of drug-likeness (QED) is 0.513. The summed E-state index contributed by atoms with van der Waals surface area (Å²) in [5, 5.41) is 5.76. The molecule has 0 unspecified atom stereocenters. The Hall–Kier alpha value is -1.10. The summed E-state index contributed by atoms with van der Waals surface area (Å²) in [6, 6.07) is 0. The van der Waals surface area contributed by atoms with E-state index in [1.165, 1.54) is 12.8 Å². The first-order chi connectivity index (χ1) is 10.1. The minimum atomic E-state index is -0.0299. The minimum Gasteiger partial charge on any atom is -0.372 e. The molecule has 0 fully saturated rings. The van der Waals surface area contributed by atoms with E-state index in [2.05, 4.69) is 10.6 Å². The molecule has 0 atom stereocenters. The number of ether oxygens (including phenoxy) is 1. The van der Waals surface area contributed by atoms with Gasteiger partial charge in [-0.15, -0.1) is 0 Å². The predicted octanol–water partition coefficient (Wildman–Crippen LogP) is 2.25. The lowest BCUT2D eigenvalue weighted by molar-refractivity contribution is -0.125. The maximum Gasteiger partial charge on any atom is 0.245 e. The van der Waals surface area contributed by atoms with Crippen molar-refractivity contribution in [2.45, 2.75) is 59.3 Å². The monoisotopic (exact) mass is 300 g/mol. The van der Waals surface area contributed by atoms with Crippen LogP contribution >= 0.6 is 0 Å². The number of rotatable bonds is 13. The van der Waals surface area contributed by atoms with Crippen molar-refractivity contribution in [1.29, 1.82) is 0 Å². The molecule has 0 saturated heterocycles. The molecule has 0 aliphatic heterocycles. The number of hydrogen-bond acceptors (Lipinski definition) is 3. The Morgan fingerprint density at radius 3 is 1.95 bits per heavy atom. The number of unbranched alkanes of at least 4 members (excludes halogenated alkanes) is 5. The van der Waals surface area contributed by atoms with Crippen LogP contribution in [-0.2, 0) is 14.3 Å². The van der Waals surface area contributed by atoms with Crippen molar-refractivity contribution in [2.24, 2.45) is 5.92 Å². The average Bonchev–Trinajstić information content (AvgIpc) is 2.46. The smallest absolute Gasteiger partial charge is 0.245 e. The van der Waals surface area contributed by atoms with Crippen molar-refractivity contribution in [3.8, 4) is 0 Å². The number of amides is 2. The predicted molar refractivity (Wildman–Crippen MR) is 85.1 cm³/mol. The van der Waals surface area contributed by atoms with Gasteiger partial charge in [0.1, 0.15) is 6.61 Å². The largest absolute Gasteiger partial charge is 0.372 e. The molecule has 0 aliphatic carbocycles. The van der Waals surface area contributed by atoms with E-state index in [0.717, 1.165) is 38.8 Å². The molecule has 5 heteroatoms. The highest BCUT2D eigenvalue weighted by Gasteiger charge is 2.04. The molecule has 0 aromatic carbocycles. The molecule has 0 rings (SSSR count). The lowest BCUT2D eigenvalue weighted by atomic mass is 10.1. The Morgan fingerprint density at radius 1 is 0.905 bits per heavy atom. The standard InChI is InChI=1S/C16H32N2O3/c1-4-21-13-15(19)17-11-9-7-5-6-8-10-12-18-16(20)14(2)3/h14H,4-13H2,1-3H3,(H,17,19)(H,18,20). The van der Waals surface area contributed by atoms with Crippen LogP contribution in [0.3, 0.4) is 0 Å². The van der Waals surface area contributed by atoms with Gasteiger partial charge in [-0.1, -0.05) is 39.5 Å². The van der Waals surface area contributed by atoms with Gasteiger partial charge in [0.15, 0.2) is 0 Å². The normalized spacial score (nSPS) is 10.7. The van der Waals surface area contributed by atoms with Crippen LogP contribution in [0.15, 0.2) is 0 Å². The molecular weight excluding hydrogens is 268 g/mol. The number of carbonyl (C=O) groups excluding carboxylic acids is 2. The number of carbonyl (C=O) groups is 2. The molecule has 0 heterocycles. The third kappa shape index (κ3) is 13.6. The van der Waals surface area contributed by atoms with E-state index in [4.69, 9.17) is 4.74 Å². The van der Waals surface area contributed by atoms with Gasteiger partial charge in [-0.2, -0.15) is 0 Å². The zero-order chi connectivity index (χ0) is 15.9. The Bertz CT molecular complexity index is 281. The van der Waals surface area contributed by atoms with E-state index in [1.807, 2.05) is 20.8 Å². The van der Waals surface area contributed by atoms with Crippen LogP contribution in [0.4, 0.5) is 0 Å². The molecular formula is C16H32N2O3. The second-order valence-corrected chi connectivity index (χ2v) is 5.55. The summed E-state index contributed by atoms with van der Waals surface area (Å²) in [4.78, 5) is 22.6. The second-order valence-electron chi connectivity index (χ2n) is 5.55. The van der Waals surface area contributed by atoms with E-state index in [0.29, 0.717) is 6.61 Å². The molecule has 0 bridgehead atoms. The van der Waals surface area contributed by atoms with Gasteiger partial charge in [-0.25, -0.2) is 0 Å². The summed E-state index contributed by atoms with van der Waals surface area (Å²) in [7, 11) is 0. The zero-order valence-electron chi connectivity index (χ0n) is 13.9. The highest BCUT2D eigenvalue weighted by Crippen LogP contribution is 2.04. The second kappa shape index (κ2) is 13.9. The third-order valence-electron chi connectivity index (χ3n) is 3.19. The van der Waals surface area contributed by atoms with Crippen LogP contribution in [0.25, 0.3) is 0 Å². The number of nitrogens with one attached hydrogen (secondary N) is 2. The molecule has 21 heavy (non-hydrogen) atoms. The molecule has 0 spiro atoms. The van der Waals surface area contributed by atoms with Crippen LogP contribution in [0, 0.1) is 5.92 Å². The van der Waals surface area contributed by atoms with E-state index in [9.17, 15) is 9.59 Å². The fourth-order valence-corrected chi connectivity index (χ4v) is 1.85. The molecule has 5 nitrogen and oxygen atoms in total. The fourth-order valence-electron chi connectivity index (χ4n) is 1.85. The van der Waals surface area contributed by atoms with Gasteiger partial charge in [-0.05, 0) is 19.8 Å². The molecule has 0 aliphatic rings. The van der Waals surface area contributed by atoms with Crippen LogP contribution in [0.5, 0.6) is 0 Å². The van der Waals surface area contributed by atoms with Crippen molar-refractivity contribution >= 4 is 11.8 Å². The highest BCUT2D eigenvalue weighted by atomic mass is 16.5. The third-order valence-corrected chi connectivity index (χ3v) is 3.19. The maximum atomic E-state index is 11.3. The molecule has 0 aromatic rings. The zero-order valence-corrected chi connectivity index (χ0v) is 13.9. The molecule has 124 valence electrons. The van der Waals surface area contributed by atoms with Gasteiger partial charge in [0.2, 0.25) is 11.8 Å². The lowest BCUT2D eigenvalue weighted by Gasteiger charge is -2.07. The van der Waals surface area contributed by atoms with Crippen molar-refractivity contribution in [1.82, 2.24) is 10.6 Å². The van der Waals surface area contributed by atoms with Gasteiger partial charge in [-0.3, -0.25) is 9.59 Å². The van der Waals surface area contributed by atoms with Crippen LogP contribution < -0.4 is 10.6 Å². The Balaban J connectivity index is 3.19. The first-order valence-corrected chi connectivity index (χ1v) is 8.20. The van der Waals surface area contributed by atoms with Gasteiger partial charge in [0.25, 0.3) is 0 Å². The Kier molecular flexibility index (Phi) is 13.1. The summed E-state index contributed by atoms with van der Waals surface area (Å²) in [5.74, 6) is 0.179. The Morgan fingerprint density at radius 2 is 1.43 bits per heavy atom. The Labute approximate surface area is 129 Å². The van der Waals surface area contributed by atoms with E-state index in [1.54, 1.807) is 0 Å². The van der Waals surface area contributed by atoms with Gasteiger partial charge in [0, 0.05) is 25.6 Å². The first-order valence-electron chi connectivity index (χ1n) is 8.20. The molecule has 0 aromatic heterocycles. The van der Waals surface area contributed by atoms with Gasteiger partial charge in [0.05, 0.1) is 0 Å². The van der Waals surface area contributed by atoms with Crippen LogP contribution in [0.2, 0.25) is 0 Å². The van der Waals surface area contributed by atoms with Crippen molar-refractivity contribution in [2.75, 3.05) is 26.3 Å². The lowest BCUT2D eigenvalue weighted by Crippen LogP contribution is -2.28.